The molecule has 1 amide bonds. The number of imidazole rings is 1. The minimum atomic E-state index is -0.00777. The first-order chi connectivity index (χ1) is 12.2. The molecule has 7 nitrogen and oxygen atoms in total. The Morgan fingerprint density at radius 3 is 3.16 bits per heavy atom. The number of hydrogen-bond acceptors (Lipinski definition) is 5. The van der Waals surface area contributed by atoms with E-state index in [2.05, 4.69) is 20.3 Å². The normalized spacial score (nSPS) is 16.3. The summed E-state index contributed by atoms with van der Waals surface area (Å²) in [6, 6.07) is 3.72. The van der Waals surface area contributed by atoms with E-state index in [0.29, 0.717) is 25.6 Å². The maximum Gasteiger partial charge on any atom is 0.223 e. The number of hydrogen-bond donors (Lipinski definition) is 2. The highest BCUT2D eigenvalue weighted by atomic mass is 16.5. The summed E-state index contributed by atoms with van der Waals surface area (Å²) in [5.41, 5.74) is 3.17. The van der Waals surface area contributed by atoms with E-state index < -0.39 is 0 Å². The molecule has 0 spiro atoms. The van der Waals surface area contributed by atoms with Gasteiger partial charge in [-0.3, -0.25) is 4.79 Å². The molecule has 134 valence electrons. The second kappa shape index (κ2) is 8.11. The van der Waals surface area contributed by atoms with Crippen molar-refractivity contribution >= 4 is 5.91 Å². The molecule has 0 saturated heterocycles. The first-order valence-corrected chi connectivity index (χ1v) is 8.54. The van der Waals surface area contributed by atoms with Crippen molar-refractivity contribution < 1.29 is 14.3 Å². The minimum Gasteiger partial charge on any atom is -0.475 e. The van der Waals surface area contributed by atoms with Crippen LogP contribution in [0.15, 0.2) is 18.3 Å². The molecule has 7 heteroatoms. The van der Waals surface area contributed by atoms with Gasteiger partial charge in [-0.2, -0.15) is 0 Å². The fourth-order valence-electron chi connectivity index (χ4n) is 3.05. The quantitative estimate of drug-likeness (QED) is 0.744. The van der Waals surface area contributed by atoms with E-state index >= 15 is 0 Å². The lowest BCUT2D eigenvalue weighted by Gasteiger charge is -2.20. The number of carbonyl (C=O) groups is 1. The number of rotatable bonds is 7. The first kappa shape index (κ1) is 17.4. The van der Waals surface area contributed by atoms with Crippen LogP contribution in [0.25, 0.3) is 0 Å². The highest BCUT2D eigenvalue weighted by Crippen LogP contribution is 2.24. The van der Waals surface area contributed by atoms with Gasteiger partial charge in [0.15, 0.2) is 0 Å². The Bertz CT molecular complexity index is 729. The van der Waals surface area contributed by atoms with Crippen LogP contribution in [0, 0.1) is 12.8 Å². The molecule has 25 heavy (non-hydrogen) atoms. The molecule has 0 bridgehead atoms. The van der Waals surface area contributed by atoms with Crippen LogP contribution in [-0.4, -0.2) is 41.2 Å². The third kappa shape index (κ3) is 4.57. The van der Waals surface area contributed by atoms with Gasteiger partial charge in [-0.15, -0.1) is 0 Å². The molecule has 0 aromatic carbocycles. The number of carbonyl (C=O) groups excluding carboxylic acids is 1. The minimum absolute atomic E-state index is 0.00777. The van der Waals surface area contributed by atoms with Gasteiger partial charge in [0, 0.05) is 44.0 Å². The highest BCUT2D eigenvalue weighted by Gasteiger charge is 2.26. The zero-order valence-corrected chi connectivity index (χ0v) is 14.7. The number of nitrogens with zero attached hydrogens (tertiary/aromatic N) is 2. The zero-order valence-electron chi connectivity index (χ0n) is 14.7. The predicted octanol–water partition coefficient (Wildman–Crippen LogP) is 1.56. The summed E-state index contributed by atoms with van der Waals surface area (Å²) in [4.78, 5) is 24.4. The number of H-pyrrole nitrogens is 1. The molecule has 1 unspecified atom stereocenters. The van der Waals surface area contributed by atoms with Crippen molar-refractivity contribution in [2.75, 3.05) is 20.3 Å². The van der Waals surface area contributed by atoms with Gasteiger partial charge in [-0.25, -0.2) is 9.97 Å². The van der Waals surface area contributed by atoms with Crippen molar-refractivity contribution in [1.29, 1.82) is 0 Å². The number of aromatic nitrogens is 3. The highest BCUT2D eigenvalue weighted by molar-refractivity contribution is 5.79. The largest absolute Gasteiger partial charge is 0.475 e. The summed E-state index contributed by atoms with van der Waals surface area (Å²) in [6.45, 7) is 3.38. The van der Waals surface area contributed by atoms with Gasteiger partial charge < -0.3 is 19.8 Å². The van der Waals surface area contributed by atoms with Crippen LogP contribution in [0.1, 0.15) is 29.2 Å². The maximum absolute atomic E-state index is 12.5. The van der Waals surface area contributed by atoms with Crippen molar-refractivity contribution in [3.8, 4) is 5.88 Å². The van der Waals surface area contributed by atoms with Crippen molar-refractivity contribution in [1.82, 2.24) is 20.3 Å². The lowest BCUT2D eigenvalue weighted by atomic mass is 9.89. The van der Waals surface area contributed by atoms with Crippen LogP contribution >= 0.6 is 0 Å². The lowest BCUT2D eigenvalue weighted by molar-refractivity contribution is -0.125. The van der Waals surface area contributed by atoms with Gasteiger partial charge in [0.1, 0.15) is 12.4 Å². The Hall–Kier alpha value is -2.41. The molecule has 2 heterocycles. The number of amides is 1. The number of aryl methyl sites for hydroxylation is 2. The Balaban J connectivity index is 1.51. The Morgan fingerprint density at radius 1 is 1.44 bits per heavy atom. The van der Waals surface area contributed by atoms with Gasteiger partial charge in [0.05, 0.1) is 12.3 Å². The van der Waals surface area contributed by atoms with Crippen molar-refractivity contribution in [3.63, 3.8) is 0 Å². The van der Waals surface area contributed by atoms with E-state index in [4.69, 9.17) is 9.47 Å². The zero-order chi connectivity index (χ0) is 17.6. The summed E-state index contributed by atoms with van der Waals surface area (Å²) >= 11 is 0. The van der Waals surface area contributed by atoms with Gasteiger partial charge in [-0.1, -0.05) is 0 Å². The number of methoxy groups -OCH3 is 1. The third-order valence-corrected chi connectivity index (χ3v) is 4.34. The molecule has 2 aromatic heterocycles. The summed E-state index contributed by atoms with van der Waals surface area (Å²) in [5.74, 6) is 1.53. The standard InChI is InChI=1S/C18H24N4O3/c1-12-21-15-4-3-14(10-16(15)22-12)18(23)20-11-13-5-6-19-17(9-13)25-8-7-24-2/h5-6,9,14H,3-4,7-8,10-11H2,1-2H3,(H,20,23)(H,21,22). The number of aromatic amines is 1. The fourth-order valence-corrected chi connectivity index (χ4v) is 3.05. The molecule has 1 atom stereocenters. The fraction of sp³-hybridized carbons (Fsp3) is 0.500. The van der Waals surface area contributed by atoms with Crippen LogP contribution in [-0.2, 0) is 28.9 Å². The summed E-state index contributed by atoms with van der Waals surface area (Å²) in [6.07, 6.45) is 4.10. The van der Waals surface area contributed by atoms with Crippen molar-refractivity contribution in [2.24, 2.45) is 5.92 Å². The van der Waals surface area contributed by atoms with E-state index in [0.717, 1.165) is 42.0 Å². The molecule has 1 aliphatic rings. The molecule has 2 aromatic rings. The van der Waals surface area contributed by atoms with Crippen molar-refractivity contribution in [3.05, 3.63) is 41.1 Å². The lowest BCUT2D eigenvalue weighted by Crippen LogP contribution is -2.33. The number of ether oxygens (including phenoxy) is 2. The second-order valence-corrected chi connectivity index (χ2v) is 6.25. The van der Waals surface area contributed by atoms with Gasteiger partial charge in [0.25, 0.3) is 0 Å². The Kier molecular flexibility index (Phi) is 5.65. The average Bonchev–Trinajstić information content (AvgIpc) is 2.99. The Labute approximate surface area is 147 Å². The van der Waals surface area contributed by atoms with E-state index in [9.17, 15) is 4.79 Å². The van der Waals surface area contributed by atoms with Crippen LogP contribution in [0.3, 0.4) is 0 Å². The smallest absolute Gasteiger partial charge is 0.223 e. The monoisotopic (exact) mass is 344 g/mol. The number of nitrogens with one attached hydrogen (secondary N) is 2. The van der Waals surface area contributed by atoms with E-state index in [1.165, 1.54) is 0 Å². The molecule has 0 aliphatic heterocycles. The van der Waals surface area contributed by atoms with Crippen LogP contribution < -0.4 is 10.1 Å². The molecular formula is C18H24N4O3. The maximum atomic E-state index is 12.5. The average molecular weight is 344 g/mol. The molecule has 3 rings (SSSR count). The van der Waals surface area contributed by atoms with Crippen molar-refractivity contribution in [2.45, 2.75) is 32.7 Å². The predicted molar refractivity (Wildman–Crippen MR) is 92.3 cm³/mol. The number of fused-ring (bicyclic) bond motifs is 1. The van der Waals surface area contributed by atoms with Gasteiger partial charge >= 0.3 is 0 Å². The summed E-state index contributed by atoms with van der Waals surface area (Å²) in [5, 5.41) is 3.02. The van der Waals surface area contributed by atoms with Gasteiger partial charge in [0.2, 0.25) is 11.8 Å². The third-order valence-electron chi connectivity index (χ3n) is 4.34. The summed E-state index contributed by atoms with van der Waals surface area (Å²) < 4.78 is 10.4. The second-order valence-electron chi connectivity index (χ2n) is 6.25. The van der Waals surface area contributed by atoms with E-state index in [1.54, 1.807) is 13.3 Å². The van der Waals surface area contributed by atoms with Gasteiger partial charge in [-0.05, 0) is 31.4 Å². The summed E-state index contributed by atoms with van der Waals surface area (Å²) in [7, 11) is 1.63. The number of pyridine rings is 1. The van der Waals surface area contributed by atoms with E-state index in [-0.39, 0.29) is 11.8 Å². The molecule has 1 aliphatic carbocycles. The van der Waals surface area contributed by atoms with E-state index in [1.807, 2.05) is 19.1 Å². The molecule has 0 saturated carbocycles. The molecule has 2 N–H and O–H groups in total. The topological polar surface area (TPSA) is 89.1 Å². The molecule has 0 fully saturated rings. The van der Waals surface area contributed by atoms with Crippen LogP contribution in [0.5, 0.6) is 5.88 Å². The first-order valence-electron chi connectivity index (χ1n) is 8.54. The molecule has 0 radical (unpaired) electrons. The van der Waals surface area contributed by atoms with Crippen LogP contribution in [0.4, 0.5) is 0 Å². The molecular weight excluding hydrogens is 320 g/mol. The SMILES string of the molecule is COCCOc1cc(CNC(=O)C2CCc3nc(C)[nH]c3C2)ccn1. The van der Waals surface area contributed by atoms with Crippen LogP contribution in [0.2, 0.25) is 0 Å². The Morgan fingerprint density at radius 2 is 2.32 bits per heavy atom.